The smallest absolute Gasteiger partial charge is 0.471 e. The molecule has 0 aromatic heterocycles. The molecule has 0 saturated carbocycles. The molecule has 0 aliphatic carbocycles. The van der Waals surface area contributed by atoms with E-state index in [1.54, 1.807) is 39.0 Å². The van der Waals surface area contributed by atoms with Gasteiger partial charge in [-0.2, -0.15) is 13.2 Å². The van der Waals surface area contributed by atoms with Crippen LogP contribution in [0.15, 0.2) is 36.4 Å². The first-order chi connectivity index (χ1) is 16.9. The van der Waals surface area contributed by atoms with Crippen LogP contribution in [-0.4, -0.2) is 36.9 Å². The minimum absolute atomic E-state index is 0.0880. The molecule has 2 aliphatic rings. The quantitative estimate of drug-likeness (QED) is 0.487. The second-order valence-corrected chi connectivity index (χ2v) is 10.2. The van der Waals surface area contributed by atoms with Gasteiger partial charge in [0.15, 0.2) is 0 Å². The highest BCUT2D eigenvalue weighted by molar-refractivity contribution is 5.98. The summed E-state index contributed by atoms with van der Waals surface area (Å²) in [6.07, 6.45) is -3.44. The fraction of sp³-hybridized carbons (Fsp3) is 0.481. The van der Waals surface area contributed by atoms with Gasteiger partial charge in [-0.1, -0.05) is 31.2 Å². The number of anilines is 2. The summed E-state index contributed by atoms with van der Waals surface area (Å²) in [5.74, 6) is -1.32. The van der Waals surface area contributed by atoms with E-state index >= 15 is 0 Å². The minimum atomic E-state index is -5.08. The van der Waals surface area contributed by atoms with Crippen molar-refractivity contribution in [2.75, 3.05) is 23.0 Å². The van der Waals surface area contributed by atoms with Crippen molar-refractivity contribution in [3.05, 3.63) is 53.1 Å². The first kappa shape index (κ1) is 25.9. The second-order valence-electron chi connectivity index (χ2n) is 10.2. The van der Waals surface area contributed by atoms with Crippen molar-refractivity contribution in [3.8, 4) is 5.75 Å². The molecule has 6 nitrogen and oxygen atoms in total. The van der Waals surface area contributed by atoms with Gasteiger partial charge < -0.3 is 9.47 Å². The first-order valence-corrected chi connectivity index (χ1v) is 12.2. The van der Waals surface area contributed by atoms with E-state index in [2.05, 4.69) is 0 Å². The number of nitrogens with zero attached hydrogens (tertiary/aromatic N) is 2. The van der Waals surface area contributed by atoms with Crippen LogP contribution in [0.2, 0.25) is 0 Å². The van der Waals surface area contributed by atoms with Crippen LogP contribution in [-0.2, 0) is 22.5 Å². The number of hydrogen-bond acceptors (Lipinski definition) is 4. The molecule has 0 saturated heterocycles. The van der Waals surface area contributed by atoms with Crippen molar-refractivity contribution in [2.45, 2.75) is 71.2 Å². The van der Waals surface area contributed by atoms with Gasteiger partial charge in [-0.3, -0.25) is 14.6 Å². The van der Waals surface area contributed by atoms with Crippen molar-refractivity contribution in [1.29, 1.82) is 0 Å². The SMILES string of the molecule is CCC1COc2cc(N(Cc3cccc4c3N(C(=O)OC(C)(C)C)CCC4)C(=O)C(F)(F)F)ccc21. The minimum Gasteiger partial charge on any atom is -0.493 e. The van der Waals surface area contributed by atoms with E-state index in [0.29, 0.717) is 47.9 Å². The van der Waals surface area contributed by atoms with Crippen LogP contribution in [0.3, 0.4) is 0 Å². The number of hydrogen-bond donors (Lipinski definition) is 0. The van der Waals surface area contributed by atoms with Crippen LogP contribution in [0.5, 0.6) is 5.75 Å². The molecule has 0 fully saturated rings. The molecule has 9 heteroatoms. The fourth-order valence-electron chi connectivity index (χ4n) is 4.73. The summed E-state index contributed by atoms with van der Waals surface area (Å²) in [6, 6.07) is 9.99. The molecular weight excluding hydrogens is 473 g/mol. The highest BCUT2D eigenvalue weighted by Gasteiger charge is 2.44. The number of fused-ring (bicyclic) bond motifs is 2. The molecule has 194 valence electrons. The zero-order chi connectivity index (χ0) is 26.3. The van der Waals surface area contributed by atoms with E-state index in [9.17, 15) is 22.8 Å². The monoisotopic (exact) mass is 504 g/mol. The van der Waals surface area contributed by atoms with Gasteiger partial charge in [0.05, 0.1) is 18.8 Å². The van der Waals surface area contributed by atoms with Crippen LogP contribution >= 0.6 is 0 Å². The Balaban J connectivity index is 1.74. The van der Waals surface area contributed by atoms with Gasteiger partial charge in [0, 0.05) is 29.8 Å². The third kappa shape index (κ3) is 5.29. The third-order valence-corrected chi connectivity index (χ3v) is 6.41. The van der Waals surface area contributed by atoms with Gasteiger partial charge in [0.1, 0.15) is 11.4 Å². The number of carbonyl (C=O) groups is 2. The molecule has 0 radical (unpaired) electrons. The van der Waals surface area contributed by atoms with Gasteiger partial charge in [-0.05, 0) is 57.2 Å². The Morgan fingerprint density at radius 2 is 1.92 bits per heavy atom. The number of halogens is 3. The molecule has 1 atom stereocenters. The summed E-state index contributed by atoms with van der Waals surface area (Å²) in [7, 11) is 0. The Bertz CT molecular complexity index is 1160. The topological polar surface area (TPSA) is 59.1 Å². The molecule has 2 heterocycles. The standard InChI is InChI=1S/C27H31F3N2O4/c1-5-17-16-35-22-14-20(11-12-21(17)22)32(24(33)27(28,29)30)15-19-9-6-8-18-10-7-13-31(23(18)19)25(34)36-26(2,3)4/h6,8-9,11-12,14,17H,5,7,10,13,15-16H2,1-4H3. The number of carbonyl (C=O) groups excluding carboxylic acids is 2. The zero-order valence-corrected chi connectivity index (χ0v) is 20.9. The normalized spacial score (nSPS) is 17.2. The van der Waals surface area contributed by atoms with E-state index in [-0.39, 0.29) is 18.2 Å². The van der Waals surface area contributed by atoms with E-state index in [1.165, 1.54) is 17.0 Å². The maximum atomic E-state index is 13.7. The highest BCUT2D eigenvalue weighted by atomic mass is 19.4. The second kappa shape index (κ2) is 9.67. The highest BCUT2D eigenvalue weighted by Crippen LogP contribution is 2.40. The lowest BCUT2D eigenvalue weighted by atomic mass is 9.97. The number of para-hydroxylation sites is 1. The fourth-order valence-corrected chi connectivity index (χ4v) is 4.73. The molecule has 2 amide bonds. The van der Waals surface area contributed by atoms with Crippen LogP contribution < -0.4 is 14.5 Å². The van der Waals surface area contributed by atoms with E-state index in [1.807, 2.05) is 13.0 Å². The lowest BCUT2D eigenvalue weighted by Crippen LogP contribution is -2.43. The third-order valence-electron chi connectivity index (χ3n) is 6.41. The van der Waals surface area contributed by atoms with Crippen LogP contribution in [0.1, 0.15) is 63.1 Å². The van der Waals surface area contributed by atoms with Gasteiger partial charge in [-0.25, -0.2) is 4.79 Å². The van der Waals surface area contributed by atoms with Crippen molar-refractivity contribution in [3.63, 3.8) is 0 Å². The maximum absolute atomic E-state index is 13.7. The van der Waals surface area contributed by atoms with Crippen molar-refractivity contribution in [2.24, 2.45) is 0 Å². The Morgan fingerprint density at radius 3 is 2.58 bits per heavy atom. The Labute approximate surface area is 209 Å². The Kier molecular flexibility index (Phi) is 6.94. The largest absolute Gasteiger partial charge is 0.493 e. The molecular formula is C27H31F3N2O4. The molecule has 2 aliphatic heterocycles. The van der Waals surface area contributed by atoms with Crippen molar-refractivity contribution >= 4 is 23.4 Å². The molecule has 0 spiro atoms. The lowest BCUT2D eigenvalue weighted by Gasteiger charge is -2.34. The maximum Gasteiger partial charge on any atom is 0.471 e. The number of benzene rings is 2. The molecule has 4 rings (SSSR count). The summed E-state index contributed by atoms with van der Waals surface area (Å²) >= 11 is 0. The van der Waals surface area contributed by atoms with Gasteiger partial charge in [0.25, 0.3) is 0 Å². The van der Waals surface area contributed by atoms with Crippen LogP contribution in [0.25, 0.3) is 0 Å². The van der Waals surface area contributed by atoms with Crippen LogP contribution in [0, 0.1) is 0 Å². The van der Waals surface area contributed by atoms with E-state index < -0.39 is 23.8 Å². The lowest BCUT2D eigenvalue weighted by molar-refractivity contribution is -0.170. The predicted octanol–water partition coefficient (Wildman–Crippen LogP) is 6.36. The first-order valence-electron chi connectivity index (χ1n) is 12.2. The van der Waals surface area contributed by atoms with Crippen molar-refractivity contribution < 1.29 is 32.2 Å². The summed E-state index contributed by atoms with van der Waals surface area (Å²) in [4.78, 5) is 27.8. The summed E-state index contributed by atoms with van der Waals surface area (Å²) in [5.41, 5.74) is 2.04. The van der Waals surface area contributed by atoms with E-state index in [4.69, 9.17) is 9.47 Å². The van der Waals surface area contributed by atoms with Gasteiger partial charge in [-0.15, -0.1) is 0 Å². The molecule has 2 aromatic rings. The molecule has 1 unspecified atom stereocenters. The van der Waals surface area contributed by atoms with Crippen molar-refractivity contribution in [1.82, 2.24) is 0 Å². The summed E-state index contributed by atoms with van der Waals surface area (Å²) < 4.78 is 52.4. The number of rotatable bonds is 4. The molecule has 2 aromatic carbocycles. The Hall–Kier alpha value is -3.23. The summed E-state index contributed by atoms with van der Waals surface area (Å²) in [5, 5.41) is 0. The predicted molar refractivity (Wildman–Crippen MR) is 131 cm³/mol. The molecule has 36 heavy (non-hydrogen) atoms. The van der Waals surface area contributed by atoms with E-state index in [0.717, 1.165) is 17.5 Å². The number of aryl methyl sites for hydroxylation is 1. The van der Waals surface area contributed by atoms with Crippen LogP contribution in [0.4, 0.5) is 29.3 Å². The average molecular weight is 505 g/mol. The number of ether oxygens (including phenoxy) is 2. The molecule has 0 bridgehead atoms. The number of alkyl halides is 3. The number of amides is 2. The molecule has 0 N–H and O–H groups in total. The summed E-state index contributed by atoms with van der Waals surface area (Å²) in [6.45, 7) is 7.75. The van der Waals surface area contributed by atoms with Gasteiger partial charge in [0.2, 0.25) is 0 Å². The zero-order valence-electron chi connectivity index (χ0n) is 20.9. The Morgan fingerprint density at radius 1 is 1.17 bits per heavy atom. The average Bonchev–Trinajstić information content (AvgIpc) is 3.22. The van der Waals surface area contributed by atoms with Gasteiger partial charge >= 0.3 is 18.2 Å².